The summed E-state index contributed by atoms with van der Waals surface area (Å²) in [5.41, 5.74) is 3.45. The molecule has 0 aliphatic heterocycles. The first kappa shape index (κ1) is 12.6. The first-order valence-electron chi connectivity index (χ1n) is 6.06. The van der Waals surface area contributed by atoms with E-state index in [2.05, 4.69) is 46.8 Å². The molecule has 0 aliphatic carbocycles. The number of hydrogen-bond acceptors (Lipinski definition) is 5. The predicted octanol–water partition coefficient (Wildman–Crippen LogP) is 2.54. The van der Waals surface area contributed by atoms with Crippen LogP contribution in [0.25, 0.3) is 0 Å². The number of aryl methyl sites for hydroxylation is 2. The maximum absolute atomic E-state index is 5.46. The summed E-state index contributed by atoms with van der Waals surface area (Å²) in [6, 6.07) is 6.54. The molecule has 5 heteroatoms. The van der Waals surface area contributed by atoms with Crippen LogP contribution in [0.3, 0.4) is 0 Å². The Bertz CT molecular complexity index is 521. The van der Waals surface area contributed by atoms with Crippen molar-refractivity contribution in [3.8, 4) is 0 Å². The van der Waals surface area contributed by atoms with Crippen molar-refractivity contribution in [2.45, 2.75) is 27.3 Å². The molecule has 2 aromatic rings. The molecule has 1 aromatic heterocycles. The minimum atomic E-state index is 0.422. The molecule has 5 nitrogen and oxygen atoms in total. The van der Waals surface area contributed by atoms with Crippen LogP contribution in [-0.4, -0.2) is 16.7 Å². The normalized spacial score (nSPS) is 10.6. The van der Waals surface area contributed by atoms with Gasteiger partial charge in [0.05, 0.1) is 6.54 Å². The number of nitrogens with one attached hydrogen (secondary N) is 2. The highest BCUT2D eigenvalue weighted by atomic mass is 16.4. The maximum Gasteiger partial charge on any atom is 0.320 e. The zero-order valence-electron chi connectivity index (χ0n) is 10.9. The second kappa shape index (κ2) is 5.64. The van der Waals surface area contributed by atoms with Crippen molar-refractivity contribution >= 4 is 11.7 Å². The fourth-order valence-corrected chi connectivity index (χ4v) is 1.55. The average Bonchev–Trinajstić information content (AvgIpc) is 2.79. The molecular weight excluding hydrogens is 228 g/mol. The lowest BCUT2D eigenvalue weighted by molar-refractivity contribution is 0.484. The fraction of sp³-hybridized carbons (Fsp3) is 0.385. The summed E-state index contributed by atoms with van der Waals surface area (Å²) in [6.45, 7) is 7.66. The first-order valence-corrected chi connectivity index (χ1v) is 6.06. The zero-order chi connectivity index (χ0) is 13.0. The van der Waals surface area contributed by atoms with Gasteiger partial charge < -0.3 is 15.1 Å². The Labute approximate surface area is 107 Å². The third kappa shape index (κ3) is 3.07. The summed E-state index contributed by atoms with van der Waals surface area (Å²) in [4.78, 5) is 0. The van der Waals surface area contributed by atoms with Crippen LogP contribution in [0.2, 0.25) is 0 Å². The highest BCUT2D eigenvalue weighted by Gasteiger charge is 2.05. The molecular formula is C13H18N4O. The standard InChI is InChI=1S/C13H18N4O/c1-4-14-8-12-16-17-13(18-12)15-11-6-5-9(2)10(3)7-11/h5-7,14H,4,8H2,1-3H3,(H,15,17). The highest BCUT2D eigenvalue weighted by Crippen LogP contribution is 2.18. The SMILES string of the molecule is CCNCc1nnc(Nc2ccc(C)c(C)c2)o1. The molecule has 0 unspecified atom stereocenters. The second-order valence-electron chi connectivity index (χ2n) is 4.21. The summed E-state index contributed by atoms with van der Waals surface area (Å²) < 4.78 is 5.46. The number of hydrogen-bond donors (Lipinski definition) is 2. The Morgan fingerprint density at radius 1 is 1.17 bits per heavy atom. The molecule has 0 saturated heterocycles. The molecule has 0 radical (unpaired) electrons. The van der Waals surface area contributed by atoms with Crippen molar-refractivity contribution in [3.63, 3.8) is 0 Å². The van der Waals surface area contributed by atoms with E-state index < -0.39 is 0 Å². The molecule has 0 atom stereocenters. The molecule has 1 heterocycles. The van der Waals surface area contributed by atoms with Gasteiger partial charge in [0.1, 0.15) is 0 Å². The Hall–Kier alpha value is -1.88. The minimum absolute atomic E-state index is 0.422. The van der Waals surface area contributed by atoms with E-state index in [0.717, 1.165) is 12.2 Å². The van der Waals surface area contributed by atoms with Crippen molar-refractivity contribution in [2.75, 3.05) is 11.9 Å². The van der Waals surface area contributed by atoms with Crippen LogP contribution < -0.4 is 10.6 Å². The summed E-state index contributed by atoms with van der Waals surface area (Å²) in [5, 5.41) is 14.1. The van der Waals surface area contributed by atoms with Gasteiger partial charge in [-0.25, -0.2) is 0 Å². The van der Waals surface area contributed by atoms with Crippen LogP contribution >= 0.6 is 0 Å². The van der Waals surface area contributed by atoms with Crippen molar-refractivity contribution in [1.82, 2.24) is 15.5 Å². The summed E-state index contributed by atoms with van der Waals surface area (Å²) in [7, 11) is 0. The van der Waals surface area contributed by atoms with E-state index in [1.165, 1.54) is 11.1 Å². The first-order chi connectivity index (χ1) is 8.69. The van der Waals surface area contributed by atoms with Gasteiger partial charge >= 0.3 is 6.01 Å². The van der Waals surface area contributed by atoms with Gasteiger partial charge in [0.15, 0.2) is 0 Å². The molecule has 1 aromatic carbocycles. The van der Waals surface area contributed by atoms with Gasteiger partial charge in [-0.3, -0.25) is 0 Å². The monoisotopic (exact) mass is 246 g/mol. The van der Waals surface area contributed by atoms with Gasteiger partial charge in [0.25, 0.3) is 0 Å². The number of aromatic nitrogens is 2. The van der Waals surface area contributed by atoms with E-state index in [9.17, 15) is 0 Å². The summed E-state index contributed by atoms with van der Waals surface area (Å²) in [5.74, 6) is 0.586. The predicted molar refractivity (Wildman–Crippen MR) is 70.9 cm³/mol. The molecule has 2 N–H and O–H groups in total. The van der Waals surface area contributed by atoms with Gasteiger partial charge in [0, 0.05) is 5.69 Å². The molecule has 0 bridgehead atoms. The third-order valence-electron chi connectivity index (χ3n) is 2.75. The van der Waals surface area contributed by atoms with Gasteiger partial charge in [0.2, 0.25) is 5.89 Å². The van der Waals surface area contributed by atoms with Crippen LogP contribution in [0, 0.1) is 13.8 Å². The number of anilines is 2. The molecule has 0 spiro atoms. The van der Waals surface area contributed by atoms with E-state index in [4.69, 9.17) is 4.42 Å². The van der Waals surface area contributed by atoms with Crippen molar-refractivity contribution < 1.29 is 4.42 Å². The van der Waals surface area contributed by atoms with Gasteiger partial charge in [-0.15, -0.1) is 5.10 Å². The maximum atomic E-state index is 5.46. The zero-order valence-corrected chi connectivity index (χ0v) is 10.9. The molecule has 96 valence electrons. The van der Waals surface area contributed by atoms with E-state index in [1.54, 1.807) is 0 Å². The lowest BCUT2D eigenvalue weighted by Gasteiger charge is -2.04. The Morgan fingerprint density at radius 2 is 2.00 bits per heavy atom. The number of nitrogens with zero attached hydrogens (tertiary/aromatic N) is 2. The lowest BCUT2D eigenvalue weighted by Crippen LogP contribution is -2.11. The minimum Gasteiger partial charge on any atom is -0.406 e. The average molecular weight is 246 g/mol. The van der Waals surface area contributed by atoms with Crippen LogP contribution in [0.5, 0.6) is 0 Å². The molecule has 0 saturated carbocycles. The fourth-order valence-electron chi connectivity index (χ4n) is 1.55. The number of benzene rings is 1. The topological polar surface area (TPSA) is 63.0 Å². The molecule has 0 amide bonds. The van der Waals surface area contributed by atoms with Crippen LogP contribution in [0.1, 0.15) is 23.9 Å². The largest absolute Gasteiger partial charge is 0.406 e. The van der Waals surface area contributed by atoms with Crippen molar-refractivity contribution in [3.05, 3.63) is 35.2 Å². The van der Waals surface area contributed by atoms with Gasteiger partial charge in [-0.2, -0.15) is 0 Å². The Kier molecular flexibility index (Phi) is 3.94. The van der Waals surface area contributed by atoms with Crippen LogP contribution in [0.15, 0.2) is 22.6 Å². The van der Waals surface area contributed by atoms with Crippen molar-refractivity contribution in [1.29, 1.82) is 0 Å². The second-order valence-corrected chi connectivity index (χ2v) is 4.21. The Balaban J connectivity index is 2.04. The molecule has 0 fully saturated rings. The van der Waals surface area contributed by atoms with Crippen molar-refractivity contribution in [2.24, 2.45) is 0 Å². The van der Waals surface area contributed by atoms with Gasteiger partial charge in [-0.1, -0.05) is 18.1 Å². The van der Waals surface area contributed by atoms with E-state index in [-0.39, 0.29) is 0 Å². The van der Waals surface area contributed by atoms with Gasteiger partial charge in [-0.05, 0) is 43.7 Å². The molecule has 18 heavy (non-hydrogen) atoms. The van der Waals surface area contributed by atoms with Crippen LogP contribution in [-0.2, 0) is 6.54 Å². The Morgan fingerprint density at radius 3 is 2.72 bits per heavy atom. The number of rotatable bonds is 5. The summed E-state index contributed by atoms with van der Waals surface area (Å²) >= 11 is 0. The molecule has 2 rings (SSSR count). The smallest absolute Gasteiger partial charge is 0.320 e. The quantitative estimate of drug-likeness (QED) is 0.848. The van der Waals surface area contributed by atoms with Crippen LogP contribution in [0.4, 0.5) is 11.7 Å². The van der Waals surface area contributed by atoms with E-state index in [1.807, 2.05) is 13.0 Å². The third-order valence-corrected chi connectivity index (χ3v) is 2.75. The lowest BCUT2D eigenvalue weighted by atomic mass is 10.1. The highest BCUT2D eigenvalue weighted by molar-refractivity contribution is 5.54. The molecule has 0 aliphatic rings. The summed E-state index contributed by atoms with van der Waals surface area (Å²) in [6.07, 6.45) is 0. The van der Waals surface area contributed by atoms with E-state index in [0.29, 0.717) is 18.5 Å². The van der Waals surface area contributed by atoms with E-state index >= 15 is 0 Å².